The van der Waals surface area contributed by atoms with Crippen molar-refractivity contribution in [3.8, 4) is 0 Å². The van der Waals surface area contributed by atoms with Gasteiger partial charge in [-0.15, -0.1) is 0 Å². The Labute approximate surface area is 86.6 Å². The van der Waals surface area contributed by atoms with E-state index in [1.54, 1.807) is 24.2 Å². The van der Waals surface area contributed by atoms with E-state index in [4.69, 9.17) is 0 Å². The summed E-state index contributed by atoms with van der Waals surface area (Å²) in [5.74, 6) is 0. The van der Waals surface area contributed by atoms with E-state index in [0.717, 1.165) is 10.8 Å². The number of imidazole rings is 1. The molecule has 2 aromatic rings. The highest BCUT2D eigenvalue weighted by Gasteiger charge is 2.15. The third-order valence-corrected chi connectivity index (χ3v) is 2.51. The van der Waals surface area contributed by atoms with Crippen molar-refractivity contribution < 1.29 is 0 Å². The van der Waals surface area contributed by atoms with Gasteiger partial charge in [0.1, 0.15) is 0 Å². The van der Waals surface area contributed by atoms with Gasteiger partial charge in [-0.3, -0.25) is 0 Å². The van der Waals surface area contributed by atoms with Crippen molar-refractivity contribution in [2.24, 2.45) is 0 Å². The largest absolute Gasteiger partial charge is 0.316 e. The Balaban J connectivity index is 2.36. The fourth-order valence-electron chi connectivity index (χ4n) is 1.06. The van der Waals surface area contributed by atoms with Gasteiger partial charge in [0, 0.05) is 17.1 Å². The standard InChI is InChI=1S/C9H12N4S/c1-9(2,3)14-8-12-6-7(13-8)11-5-4-10-6/h4-5H,1-3H3,(H,10,11,12,13). The van der Waals surface area contributed by atoms with Gasteiger partial charge in [-0.2, -0.15) is 0 Å². The van der Waals surface area contributed by atoms with Gasteiger partial charge < -0.3 is 4.98 Å². The molecule has 0 saturated carbocycles. The summed E-state index contributed by atoms with van der Waals surface area (Å²) in [7, 11) is 0. The zero-order chi connectivity index (χ0) is 10.2. The Morgan fingerprint density at radius 3 is 2.57 bits per heavy atom. The van der Waals surface area contributed by atoms with Crippen molar-refractivity contribution in [1.29, 1.82) is 0 Å². The molecule has 0 fully saturated rings. The molecule has 0 saturated heterocycles. The lowest BCUT2D eigenvalue weighted by Crippen LogP contribution is -2.07. The molecule has 2 aromatic heterocycles. The van der Waals surface area contributed by atoms with Gasteiger partial charge in [-0.1, -0.05) is 32.5 Å². The molecule has 0 radical (unpaired) electrons. The molecular formula is C9H12N4S. The number of nitrogens with one attached hydrogen (secondary N) is 1. The molecule has 0 amide bonds. The first-order valence-corrected chi connectivity index (χ1v) is 5.22. The number of thioether (sulfide) groups is 1. The normalized spacial score (nSPS) is 12.2. The number of fused-ring (bicyclic) bond motifs is 1. The summed E-state index contributed by atoms with van der Waals surface area (Å²) in [6, 6.07) is 0. The molecule has 0 unspecified atom stereocenters. The van der Waals surface area contributed by atoms with Crippen LogP contribution in [0.2, 0.25) is 0 Å². The fraction of sp³-hybridized carbons (Fsp3) is 0.444. The summed E-state index contributed by atoms with van der Waals surface area (Å²) in [4.78, 5) is 15.7. The summed E-state index contributed by atoms with van der Waals surface area (Å²) in [5, 5.41) is 0.874. The van der Waals surface area contributed by atoms with Gasteiger partial charge in [-0.25, -0.2) is 15.0 Å². The van der Waals surface area contributed by atoms with E-state index < -0.39 is 0 Å². The number of rotatable bonds is 1. The molecule has 0 spiro atoms. The van der Waals surface area contributed by atoms with E-state index in [1.165, 1.54) is 0 Å². The lowest BCUT2D eigenvalue weighted by atomic mass is 10.3. The second-order valence-electron chi connectivity index (χ2n) is 3.98. The molecule has 4 nitrogen and oxygen atoms in total. The highest BCUT2D eigenvalue weighted by atomic mass is 32.2. The maximum atomic E-state index is 4.33. The first-order valence-electron chi connectivity index (χ1n) is 4.40. The van der Waals surface area contributed by atoms with Crippen LogP contribution in [0.5, 0.6) is 0 Å². The smallest absolute Gasteiger partial charge is 0.198 e. The molecule has 2 rings (SSSR count). The average molecular weight is 208 g/mol. The Morgan fingerprint density at radius 1 is 1.21 bits per heavy atom. The first-order chi connectivity index (χ1) is 6.54. The molecule has 5 heteroatoms. The second kappa shape index (κ2) is 3.24. The number of nitrogens with zero attached hydrogens (tertiary/aromatic N) is 3. The summed E-state index contributed by atoms with van der Waals surface area (Å²) < 4.78 is 0.147. The number of hydrogen-bond donors (Lipinski definition) is 1. The minimum Gasteiger partial charge on any atom is -0.316 e. The zero-order valence-electron chi connectivity index (χ0n) is 8.40. The van der Waals surface area contributed by atoms with Crippen molar-refractivity contribution in [2.75, 3.05) is 0 Å². The van der Waals surface area contributed by atoms with Gasteiger partial charge in [0.2, 0.25) is 0 Å². The van der Waals surface area contributed by atoms with Crippen molar-refractivity contribution in [3.63, 3.8) is 0 Å². The summed E-state index contributed by atoms with van der Waals surface area (Å²) in [6.07, 6.45) is 3.31. The van der Waals surface area contributed by atoms with E-state index in [2.05, 4.69) is 40.7 Å². The Kier molecular flexibility index (Phi) is 2.19. The van der Waals surface area contributed by atoms with Gasteiger partial charge >= 0.3 is 0 Å². The van der Waals surface area contributed by atoms with Crippen LogP contribution in [0, 0.1) is 0 Å². The predicted molar refractivity (Wildman–Crippen MR) is 57.3 cm³/mol. The van der Waals surface area contributed by atoms with Crippen LogP contribution in [-0.4, -0.2) is 24.7 Å². The van der Waals surface area contributed by atoms with Crippen LogP contribution in [0.4, 0.5) is 0 Å². The van der Waals surface area contributed by atoms with Crippen molar-refractivity contribution in [1.82, 2.24) is 19.9 Å². The van der Waals surface area contributed by atoms with Gasteiger partial charge in [-0.05, 0) is 0 Å². The van der Waals surface area contributed by atoms with Gasteiger partial charge in [0.15, 0.2) is 16.5 Å². The van der Waals surface area contributed by atoms with Crippen LogP contribution in [0.3, 0.4) is 0 Å². The third-order valence-electron chi connectivity index (χ3n) is 1.51. The maximum absolute atomic E-state index is 4.33. The van der Waals surface area contributed by atoms with E-state index in [9.17, 15) is 0 Å². The zero-order valence-corrected chi connectivity index (χ0v) is 9.22. The lowest BCUT2D eigenvalue weighted by molar-refractivity contribution is 0.796. The summed E-state index contributed by atoms with van der Waals surface area (Å²) >= 11 is 1.68. The van der Waals surface area contributed by atoms with Crippen LogP contribution in [0.25, 0.3) is 11.3 Å². The number of aromatic amines is 1. The molecule has 0 aliphatic heterocycles. The lowest BCUT2D eigenvalue weighted by Gasteiger charge is -2.14. The summed E-state index contributed by atoms with van der Waals surface area (Å²) in [5.41, 5.74) is 1.43. The van der Waals surface area contributed by atoms with Crippen LogP contribution < -0.4 is 0 Å². The monoisotopic (exact) mass is 208 g/mol. The molecule has 1 N–H and O–H groups in total. The highest BCUT2D eigenvalue weighted by Crippen LogP contribution is 2.30. The molecular weight excluding hydrogens is 196 g/mol. The Morgan fingerprint density at radius 2 is 1.93 bits per heavy atom. The van der Waals surface area contributed by atoms with Crippen molar-refractivity contribution in [2.45, 2.75) is 30.7 Å². The van der Waals surface area contributed by atoms with E-state index >= 15 is 0 Å². The van der Waals surface area contributed by atoms with Gasteiger partial charge in [0.05, 0.1) is 0 Å². The van der Waals surface area contributed by atoms with E-state index in [0.29, 0.717) is 5.65 Å². The third kappa shape index (κ3) is 2.04. The van der Waals surface area contributed by atoms with Crippen LogP contribution in [0.1, 0.15) is 20.8 Å². The first kappa shape index (κ1) is 9.45. The molecule has 0 bridgehead atoms. The minimum absolute atomic E-state index is 0.147. The molecule has 0 aliphatic rings. The molecule has 74 valence electrons. The SMILES string of the molecule is CC(C)(C)Sc1nc2nccnc2[nH]1. The fourth-order valence-corrected chi connectivity index (χ4v) is 1.92. The molecule has 2 heterocycles. The van der Waals surface area contributed by atoms with Crippen LogP contribution in [0.15, 0.2) is 17.6 Å². The second-order valence-corrected chi connectivity index (χ2v) is 5.80. The minimum atomic E-state index is 0.147. The molecule has 0 aliphatic carbocycles. The predicted octanol–water partition coefficient (Wildman–Crippen LogP) is 2.24. The summed E-state index contributed by atoms with van der Waals surface area (Å²) in [6.45, 7) is 6.43. The Bertz CT molecular complexity index is 410. The Hall–Kier alpha value is -1.10. The number of hydrogen-bond acceptors (Lipinski definition) is 4. The number of aromatic nitrogens is 4. The van der Waals surface area contributed by atoms with Crippen molar-refractivity contribution >= 4 is 23.1 Å². The molecule has 14 heavy (non-hydrogen) atoms. The van der Waals surface area contributed by atoms with Gasteiger partial charge in [0.25, 0.3) is 0 Å². The van der Waals surface area contributed by atoms with Crippen molar-refractivity contribution in [3.05, 3.63) is 12.4 Å². The topological polar surface area (TPSA) is 54.5 Å². The molecule has 0 atom stereocenters. The van der Waals surface area contributed by atoms with Crippen LogP contribution in [-0.2, 0) is 0 Å². The quantitative estimate of drug-likeness (QED) is 0.730. The van der Waals surface area contributed by atoms with Crippen LogP contribution >= 0.6 is 11.8 Å². The average Bonchev–Trinajstić information content (AvgIpc) is 2.42. The maximum Gasteiger partial charge on any atom is 0.198 e. The molecule has 0 aromatic carbocycles. The van der Waals surface area contributed by atoms with E-state index in [1.807, 2.05) is 0 Å². The highest BCUT2D eigenvalue weighted by molar-refractivity contribution is 8.00. The number of H-pyrrole nitrogens is 1. The van der Waals surface area contributed by atoms with E-state index in [-0.39, 0.29) is 4.75 Å².